The summed E-state index contributed by atoms with van der Waals surface area (Å²) in [4.78, 5) is 11.6. The van der Waals surface area contributed by atoms with Gasteiger partial charge in [-0.15, -0.1) is 0 Å². The van der Waals surface area contributed by atoms with Crippen LogP contribution in [-0.4, -0.2) is 25.2 Å². The first kappa shape index (κ1) is 12.0. The molecule has 0 bridgehead atoms. The number of hydrogen-bond donors (Lipinski definition) is 0. The molecule has 17 heavy (non-hydrogen) atoms. The van der Waals surface area contributed by atoms with Crippen LogP contribution in [0.15, 0.2) is 18.2 Å². The Morgan fingerprint density at radius 2 is 2.18 bits per heavy atom. The van der Waals surface area contributed by atoms with E-state index in [1.165, 1.54) is 7.11 Å². The summed E-state index contributed by atoms with van der Waals surface area (Å²) < 4.78 is 15.2. The highest BCUT2D eigenvalue weighted by molar-refractivity contribution is 9.09. The second kappa shape index (κ2) is 5.23. The molecule has 1 aliphatic heterocycles. The van der Waals surface area contributed by atoms with Crippen LogP contribution in [0.5, 0.6) is 11.5 Å². The van der Waals surface area contributed by atoms with E-state index in [1.807, 2.05) is 12.2 Å². The van der Waals surface area contributed by atoms with Crippen molar-refractivity contribution in [2.24, 2.45) is 0 Å². The Kier molecular flexibility index (Phi) is 3.68. The number of hydrogen-bond acceptors (Lipinski definition) is 4. The number of carbonyl (C=O) groups excluding carboxylic acids is 1. The topological polar surface area (TPSA) is 44.8 Å². The summed E-state index contributed by atoms with van der Waals surface area (Å²) in [7, 11) is 1.35. The van der Waals surface area contributed by atoms with E-state index in [0.29, 0.717) is 22.4 Å². The molecule has 0 radical (unpaired) electrons. The lowest BCUT2D eigenvalue weighted by molar-refractivity contribution is 0.0600. The minimum atomic E-state index is -0.391. The van der Waals surface area contributed by atoms with Crippen LogP contribution in [0.2, 0.25) is 0 Å². The van der Waals surface area contributed by atoms with Gasteiger partial charge in [-0.1, -0.05) is 28.1 Å². The Labute approximate surface area is 107 Å². The highest BCUT2D eigenvalue weighted by atomic mass is 79.9. The molecule has 4 nitrogen and oxygen atoms in total. The maximum atomic E-state index is 11.6. The number of carbonyl (C=O) groups is 1. The molecule has 90 valence electrons. The van der Waals surface area contributed by atoms with Gasteiger partial charge >= 0.3 is 5.97 Å². The zero-order valence-electron chi connectivity index (χ0n) is 9.23. The normalized spacial score (nSPS) is 13.1. The van der Waals surface area contributed by atoms with Gasteiger partial charge in [0.15, 0.2) is 11.5 Å². The second-order valence-corrected chi connectivity index (χ2v) is 3.99. The minimum Gasteiger partial charge on any atom is -0.465 e. The average Bonchev–Trinajstić information content (AvgIpc) is 2.81. The molecule has 0 fully saturated rings. The Bertz CT molecular complexity index is 468. The van der Waals surface area contributed by atoms with Gasteiger partial charge in [0.2, 0.25) is 6.79 Å². The van der Waals surface area contributed by atoms with Crippen molar-refractivity contribution in [3.63, 3.8) is 0 Å². The summed E-state index contributed by atoms with van der Waals surface area (Å²) >= 11 is 3.29. The number of fused-ring (bicyclic) bond motifs is 1. The highest BCUT2D eigenvalue weighted by Crippen LogP contribution is 2.35. The molecule has 0 atom stereocenters. The summed E-state index contributed by atoms with van der Waals surface area (Å²) in [5.41, 5.74) is 1.22. The van der Waals surface area contributed by atoms with Crippen LogP contribution in [0, 0.1) is 0 Å². The van der Waals surface area contributed by atoms with Gasteiger partial charge in [0, 0.05) is 5.33 Å². The number of esters is 1. The fourth-order valence-corrected chi connectivity index (χ4v) is 1.74. The third-order valence-corrected chi connectivity index (χ3v) is 2.71. The fraction of sp³-hybridized carbons (Fsp3) is 0.250. The summed E-state index contributed by atoms with van der Waals surface area (Å²) in [6.45, 7) is 0.182. The van der Waals surface area contributed by atoms with E-state index >= 15 is 0 Å². The van der Waals surface area contributed by atoms with Crippen molar-refractivity contribution in [2.45, 2.75) is 0 Å². The Balaban J connectivity index is 2.46. The largest absolute Gasteiger partial charge is 0.465 e. The van der Waals surface area contributed by atoms with Crippen LogP contribution < -0.4 is 9.47 Å². The molecule has 0 unspecified atom stereocenters. The van der Waals surface area contributed by atoms with E-state index in [9.17, 15) is 4.79 Å². The number of rotatable bonds is 3. The van der Waals surface area contributed by atoms with E-state index in [1.54, 1.807) is 12.1 Å². The summed E-state index contributed by atoms with van der Waals surface area (Å²) in [6.07, 6.45) is 3.73. The van der Waals surface area contributed by atoms with Gasteiger partial charge in [-0.2, -0.15) is 0 Å². The molecule has 0 aliphatic carbocycles. The number of halogens is 1. The van der Waals surface area contributed by atoms with Crippen LogP contribution in [0.25, 0.3) is 6.08 Å². The predicted octanol–water partition coefficient (Wildman–Crippen LogP) is 2.61. The molecule has 1 aromatic carbocycles. The molecule has 0 spiro atoms. The molecule has 2 rings (SSSR count). The maximum Gasteiger partial charge on any atom is 0.338 e. The van der Waals surface area contributed by atoms with E-state index < -0.39 is 5.97 Å². The monoisotopic (exact) mass is 298 g/mol. The number of ether oxygens (including phenoxy) is 3. The number of benzene rings is 1. The van der Waals surface area contributed by atoms with Gasteiger partial charge in [0.25, 0.3) is 0 Å². The smallest absolute Gasteiger partial charge is 0.338 e. The first-order valence-corrected chi connectivity index (χ1v) is 6.13. The first-order valence-electron chi connectivity index (χ1n) is 5.00. The highest BCUT2D eigenvalue weighted by Gasteiger charge is 2.20. The summed E-state index contributed by atoms with van der Waals surface area (Å²) in [5, 5.41) is 0.710. The number of methoxy groups -OCH3 is 1. The molecule has 0 amide bonds. The Morgan fingerprint density at radius 1 is 1.47 bits per heavy atom. The zero-order chi connectivity index (χ0) is 12.3. The van der Waals surface area contributed by atoms with Crippen LogP contribution in [0.3, 0.4) is 0 Å². The van der Waals surface area contributed by atoms with E-state index in [2.05, 4.69) is 15.9 Å². The van der Waals surface area contributed by atoms with Crippen molar-refractivity contribution in [2.75, 3.05) is 19.2 Å². The molecule has 0 saturated heterocycles. The molecule has 1 aromatic rings. The predicted molar refractivity (Wildman–Crippen MR) is 66.7 cm³/mol. The first-order chi connectivity index (χ1) is 8.26. The molecule has 1 heterocycles. The van der Waals surface area contributed by atoms with Crippen molar-refractivity contribution in [1.82, 2.24) is 0 Å². The second-order valence-electron chi connectivity index (χ2n) is 3.34. The quantitative estimate of drug-likeness (QED) is 0.636. The van der Waals surface area contributed by atoms with Crippen LogP contribution >= 0.6 is 15.9 Å². The van der Waals surface area contributed by atoms with Gasteiger partial charge in [0.05, 0.1) is 12.7 Å². The molecule has 0 saturated carbocycles. The molecule has 5 heteroatoms. The Morgan fingerprint density at radius 3 is 2.82 bits per heavy atom. The lowest BCUT2D eigenvalue weighted by atomic mass is 10.1. The van der Waals surface area contributed by atoms with Crippen molar-refractivity contribution in [3.8, 4) is 11.5 Å². The standard InChI is InChI=1S/C12H11BrO4/c1-15-12(14)9-6-11-10(16-7-17-11)5-8(9)3-2-4-13/h2-3,5-6H,4,7H2,1H3/b3-2+. The maximum absolute atomic E-state index is 11.6. The van der Waals surface area contributed by atoms with E-state index in [4.69, 9.17) is 14.2 Å². The van der Waals surface area contributed by atoms with Crippen molar-refractivity contribution in [1.29, 1.82) is 0 Å². The van der Waals surface area contributed by atoms with Crippen LogP contribution in [0.4, 0.5) is 0 Å². The molecular weight excluding hydrogens is 288 g/mol. The Hall–Kier alpha value is -1.49. The van der Waals surface area contributed by atoms with Gasteiger partial charge in [0.1, 0.15) is 0 Å². The average molecular weight is 299 g/mol. The third-order valence-electron chi connectivity index (χ3n) is 2.34. The number of allylic oxidation sites excluding steroid dienone is 1. The molecule has 0 aromatic heterocycles. The lowest BCUT2D eigenvalue weighted by Crippen LogP contribution is -2.03. The van der Waals surface area contributed by atoms with Gasteiger partial charge in [-0.3, -0.25) is 0 Å². The van der Waals surface area contributed by atoms with E-state index in [0.717, 1.165) is 5.56 Å². The van der Waals surface area contributed by atoms with Gasteiger partial charge in [-0.25, -0.2) is 4.79 Å². The molecule has 0 N–H and O–H groups in total. The van der Waals surface area contributed by atoms with E-state index in [-0.39, 0.29) is 6.79 Å². The van der Waals surface area contributed by atoms with Gasteiger partial charge in [-0.05, 0) is 17.7 Å². The molecular formula is C12H11BrO4. The van der Waals surface area contributed by atoms with Crippen molar-refractivity contribution in [3.05, 3.63) is 29.3 Å². The SMILES string of the molecule is COC(=O)c1cc2c(cc1/C=C/CBr)OCO2. The van der Waals surface area contributed by atoms with Crippen LogP contribution in [-0.2, 0) is 4.74 Å². The summed E-state index contributed by atoms with van der Waals surface area (Å²) in [6, 6.07) is 3.41. The zero-order valence-corrected chi connectivity index (χ0v) is 10.8. The van der Waals surface area contributed by atoms with Crippen molar-refractivity contribution >= 4 is 28.0 Å². The van der Waals surface area contributed by atoms with Crippen molar-refractivity contribution < 1.29 is 19.0 Å². The summed E-state index contributed by atoms with van der Waals surface area (Å²) in [5.74, 6) is 0.825. The third kappa shape index (κ3) is 2.44. The van der Waals surface area contributed by atoms with Crippen LogP contribution in [0.1, 0.15) is 15.9 Å². The van der Waals surface area contributed by atoms with Gasteiger partial charge < -0.3 is 14.2 Å². The molecule has 1 aliphatic rings. The fourth-order valence-electron chi connectivity index (χ4n) is 1.55. The lowest BCUT2D eigenvalue weighted by Gasteiger charge is -2.06. The minimum absolute atomic E-state index is 0.182. The number of alkyl halides is 1.